The molecule has 5 saturated carbocycles. The van der Waals surface area contributed by atoms with Gasteiger partial charge in [0.05, 0.1) is 0 Å². The highest BCUT2D eigenvalue weighted by atomic mass is 16.2. The molecule has 0 heterocycles. The molecule has 5 aliphatic carbocycles. The maximum Gasteiger partial charge on any atom is 0.254 e. The van der Waals surface area contributed by atoms with Gasteiger partial charge in [0.25, 0.3) is 5.91 Å². The Bertz CT molecular complexity index is 595. The van der Waals surface area contributed by atoms with Crippen molar-refractivity contribution in [2.75, 3.05) is 0 Å². The fourth-order valence-electron chi connectivity index (χ4n) is 7.19. The van der Waals surface area contributed by atoms with Gasteiger partial charge in [0.15, 0.2) is 0 Å². The Hall–Kier alpha value is -1.31. The first-order valence-corrected chi connectivity index (χ1v) is 10.6. The van der Waals surface area contributed by atoms with Crippen molar-refractivity contribution >= 4 is 5.91 Å². The Morgan fingerprint density at radius 2 is 1.40 bits per heavy atom. The minimum Gasteiger partial charge on any atom is -0.330 e. The lowest BCUT2D eigenvalue weighted by Gasteiger charge is -2.62. The van der Waals surface area contributed by atoms with Crippen molar-refractivity contribution in [1.82, 2.24) is 4.90 Å². The van der Waals surface area contributed by atoms with E-state index < -0.39 is 0 Å². The first-order valence-electron chi connectivity index (χ1n) is 10.6. The van der Waals surface area contributed by atoms with Gasteiger partial charge in [0, 0.05) is 17.1 Å². The van der Waals surface area contributed by atoms with Crippen molar-refractivity contribution in [3.05, 3.63) is 35.9 Å². The molecule has 0 aliphatic heterocycles. The minimum atomic E-state index is 0.184. The number of carbonyl (C=O) groups excluding carboxylic acids is 1. The molecule has 1 aromatic rings. The van der Waals surface area contributed by atoms with Gasteiger partial charge in [-0.1, -0.05) is 37.5 Å². The molecule has 0 N–H and O–H groups in total. The number of benzene rings is 1. The fourth-order valence-corrected chi connectivity index (χ4v) is 7.19. The Morgan fingerprint density at radius 1 is 0.840 bits per heavy atom. The van der Waals surface area contributed by atoms with Crippen molar-refractivity contribution in [1.29, 1.82) is 0 Å². The zero-order valence-electron chi connectivity index (χ0n) is 15.3. The summed E-state index contributed by atoms with van der Waals surface area (Å²) in [5, 5.41) is 0. The molecule has 6 rings (SSSR count). The molecule has 0 aromatic heterocycles. The molecule has 25 heavy (non-hydrogen) atoms. The van der Waals surface area contributed by atoms with E-state index in [1.54, 1.807) is 0 Å². The average Bonchev–Trinajstić information content (AvgIpc) is 2.62. The van der Waals surface area contributed by atoms with E-state index in [0.717, 1.165) is 23.3 Å². The van der Waals surface area contributed by atoms with Crippen molar-refractivity contribution in [2.45, 2.75) is 82.2 Å². The molecular weight excluding hydrogens is 306 g/mol. The van der Waals surface area contributed by atoms with E-state index in [4.69, 9.17) is 0 Å². The second-order valence-corrected chi connectivity index (χ2v) is 9.47. The van der Waals surface area contributed by atoms with Crippen LogP contribution < -0.4 is 0 Å². The smallest absolute Gasteiger partial charge is 0.254 e. The average molecular weight is 338 g/mol. The van der Waals surface area contributed by atoms with Crippen LogP contribution in [-0.4, -0.2) is 22.4 Å². The lowest BCUT2D eigenvalue weighted by molar-refractivity contribution is -0.0914. The molecular formula is C23H31NO. The quantitative estimate of drug-likeness (QED) is 0.720. The molecule has 1 amide bonds. The Morgan fingerprint density at radius 3 is 1.96 bits per heavy atom. The molecule has 4 bridgehead atoms. The zero-order chi connectivity index (χ0) is 16.9. The van der Waals surface area contributed by atoms with Crippen LogP contribution in [0.2, 0.25) is 0 Å². The number of hydrogen-bond donors (Lipinski definition) is 0. The Balaban J connectivity index is 1.52. The number of rotatable bonds is 3. The normalized spacial score (nSPS) is 37.2. The van der Waals surface area contributed by atoms with Crippen LogP contribution >= 0.6 is 0 Å². The highest BCUT2D eigenvalue weighted by Crippen LogP contribution is 2.58. The van der Waals surface area contributed by atoms with E-state index in [1.165, 1.54) is 70.6 Å². The predicted molar refractivity (Wildman–Crippen MR) is 100 cm³/mol. The van der Waals surface area contributed by atoms with E-state index >= 15 is 0 Å². The van der Waals surface area contributed by atoms with Crippen LogP contribution in [0, 0.1) is 17.8 Å². The Labute approximate surface area is 152 Å². The monoisotopic (exact) mass is 337 g/mol. The van der Waals surface area contributed by atoms with Crippen LogP contribution in [0.1, 0.15) is 81.0 Å². The number of nitrogens with zero attached hydrogens (tertiary/aromatic N) is 1. The molecule has 2 heteroatoms. The summed E-state index contributed by atoms with van der Waals surface area (Å²) in [6, 6.07) is 10.6. The van der Waals surface area contributed by atoms with Crippen LogP contribution in [0.15, 0.2) is 30.3 Å². The molecule has 5 fully saturated rings. The van der Waals surface area contributed by atoms with E-state index in [-0.39, 0.29) is 5.54 Å². The van der Waals surface area contributed by atoms with E-state index in [9.17, 15) is 4.79 Å². The molecule has 0 radical (unpaired) electrons. The third-order valence-electron chi connectivity index (χ3n) is 7.70. The van der Waals surface area contributed by atoms with Gasteiger partial charge in [-0.3, -0.25) is 4.79 Å². The first-order chi connectivity index (χ1) is 12.2. The van der Waals surface area contributed by atoms with Crippen molar-refractivity contribution < 1.29 is 4.79 Å². The van der Waals surface area contributed by atoms with E-state index in [1.807, 2.05) is 30.3 Å². The van der Waals surface area contributed by atoms with Crippen LogP contribution in [0.3, 0.4) is 0 Å². The summed E-state index contributed by atoms with van der Waals surface area (Å²) in [6.07, 6.45) is 14.6. The largest absolute Gasteiger partial charge is 0.330 e. The Kier molecular flexibility index (Phi) is 3.91. The third kappa shape index (κ3) is 2.73. The molecule has 134 valence electrons. The number of amides is 1. The summed E-state index contributed by atoms with van der Waals surface area (Å²) in [5.41, 5.74) is 1.09. The second-order valence-electron chi connectivity index (χ2n) is 9.47. The van der Waals surface area contributed by atoms with Crippen LogP contribution in [0.4, 0.5) is 0 Å². The van der Waals surface area contributed by atoms with E-state index in [0.29, 0.717) is 11.9 Å². The number of hydrogen-bond acceptors (Lipinski definition) is 1. The summed E-state index contributed by atoms with van der Waals surface area (Å²) in [6.45, 7) is 0. The van der Waals surface area contributed by atoms with Crippen molar-refractivity contribution in [3.8, 4) is 0 Å². The van der Waals surface area contributed by atoms with Gasteiger partial charge in [-0.2, -0.15) is 0 Å². The van der Waals surface area contributed by atoms with Gasteiger partial charge >= 0.3 is 0 Å². The van der Waals surface area contributed by atoms with Gasteiger partial charge in [0.2, 0.25) is 0 Å². The molecule has 2 nitrogen and oxygen atoms in total. The predicted octanol–water partition coefficient (Wildman–Crippen LogP) is 5.43. The van der Waals surface area contributed by atoms with Gasteiger partial charge < -0.3 is 4.90 Å². The first kappa shape index (κ1) is 15.9. The SMILES string of the molecule is O=C(c1ccccc1)N(C1CCCCC1)C12CC3CC(CC(C3)C1)C2. The zero-order valence-corrected chi connectivity index (χ0v) is 15.3. The lowest BCUT2D eigenvalue weighted by atomic mass is 9.52. The van der Waals surface area contributed by atoms with Gasteiger partial charge in [0.1, 0.15) is 0 Å². The summed E-state index contributed by atoms with van der Waals surface area (Å²) < 4.78 is 0. The van der Waals surface area contributed by atoms with Crippen LogP contribution in [0.5, 0.6) is 0 Å². The molecule has 0 unspecified atom stereocenters. The lowest BCUT2D eigenvalue weighted by Crippen LogP contribution is -2.64. The van der Waals surface area contributed by atoms with Crippen LogP contribution in [-0.2, 0) is 0 Å². The molecule has 0 saturated heterocycles. The molecule has 0 spiro atoms. The molecule has 1 aromatic carbocycles. The summed E-state index contributed by atoms with van der Waals surface area (Å²) in [5.74, 6) is 3.00. The van der Waals surface area contributed by atoms with Gasteiger partial charge in [-0.15, -0.1) is 0 Å². The molecule has 5 aliphatic rings. The highest BCUT2D eigenvalue weighted by molar-refractivity contribution is 5.95. The third-order valence-corrected chi connectivity index (χ3v) is 7.70. The fraction of sp³-hybridized carbons (Fsp3) is 0.696. The minimum absolute atomic E-state index is 0.184. The number of carbonyl (C=O) groups is 1. The summed E-state index contributed by atoms with van der Waals surface area (Å²) >= 11 is 0. The van der Waals surface area contributed by atoms with Gasteiger partial charge in [-0.25, -0.2) is 0 Å². The van der Waals surface area contributed by atoms with Crippen LogP contribution in [0.25, 0.3) is 0 Å². The molecule has 0 atom stereocenters. The maximum atomic E-state index is 13.7. The maximum absolute atomic E-state index is 13.7. The van der Waals surface area contributed by atoms with Crippen molar-refractivity contribution in [3.63, 3.8) is 0 Å². The topological polar surface area (TPSA) is 20.3 Å². The second kappa shape index (κ2) is 6.14. The highest BCUT2D eigenvalue weighted by Gasteiger charge is 2.56. The standard InChI is InChI=1S/C23H31NO/c25-22(20-7-3-1-4-8-20)24(21-9-5-2-6-10-21)23-14-17-11-18(15-23)13-19(12-17)16-23/h1,3-4,7-8,17-19,21H,2,5-6,9-16H2. The summed E-state index contributed by atoms with van der Waals surface area (Å²) in [4.78, 5) is 16.1. The summed E-state index contributed by atoms with van der Waals surface area (Å²) in [7, 11) is 0. The van der Waals surface area contributed by atoms with E-state index in [2.05, 4.69) is 4.90 Å². The van der Waals surface area contributed by atoms with Gasteiger partial charge in [-0.05, 0) is 81.3 Å². The van der Waals surface area contributed by atoms with Crippen molar-refractivity contribution in [2.24, 2.45) is 17.8 Å².